The molecule has 0 atom stereocenters. The molecule has 0 spiro atoms. The van der Waals surface area contributed by atoms with Crippen molar-refractivity contribution in [3.8, 4) is 12.0 Å². The molecule has 4 aromatic rings. The summed E-state index contributed by atoms with van der Waals surface area (Å²) in [5.74, 6) is 0.136. The predicted molar refractivity (Wildman–Crippen MR) is 106 cm³/mol. The zero-order valence-electron chi connectivity index (χ0n) is 15.7. The molecule has 30 heavy (non-hydrogen) atoms. The number of ether oxygens (including phenoxy) is 1. The van der Waals surface area contributed by atoms with E-state index in [9.17, 15) is 12.8 Å². The Morgan fingerprint density at radius 2 is 2.00 bits per heavy atom. The first-order chi connectivity index (χ1) is 14.4. The lowest BCUT2D eigenvalue weighted by molar-refractivity contribution is 0.373. The van der Waals surface area contributed by atoms with E-state index in [4.69, 9.17) is 9.88 Å². The lowest BCUT2D eigenvalue weighted by atomic mass is 10.2. The van der Waals surface area contributed by atoms with Gasteiger partial charge in [-0.15, -0.1) is 5.10 Å². The van der Waals surface area contributed by atoms with Gasteiger partial charge in [0.15, 0.2) is 5.82 Å². The van der Waals surface area contributed by atoms with Crippen LogP contribution in [0, 0.1) is 5.82 Å². The molecule has 12 heteroatoms. The Hall–Kier alpha value is -3.64. The highest BCUT2D eigenvalue weighted by Crippen LogP contribution is 2.28. The summed E-state index contributed by atoms with van der Waals surface area (Å²) in [7, 11) is -2.62. The highest BCUT2D eigenvalue weighted by atomic mass is 32.2. The number of methoxy groups -OCH3 is 1. The molecule has 0 aliphatic rings. The van der Waals surface area contributed by atoms with Crippen molar-refractivity contribution >= 4 is 26.9 Å². The average Bonchev–Trinajstić information content (AvgIpc) is 3.10. The van der Waals surface area contributed by atoms with Gasteiger partial charge in [-0.3, -0.25) is 0 Å². The summed E-state index contributed by atoms with van der Waals surface area (Å²) in [5, 5.41) is 16.3. The van der Waals surface area contributed by atoms with Crippen LogP contribution in [0.1, 0.15) is 5.56 Å². The predicted octanol–water partition coefficient (Wildman–Crippen LogP) is 1.62. The Kier molecular flexibility index (Phi) is 5.01. The van der Waals surface area contributed by atoms with Crippen LogP contribution in [-0.4, -0.2) is 40.3 Å². The third-order valence-electron chi connectivity index (χ3n) is 4.22. The van der Waals surface area contributed by atoms with E-state index in [2.05, 4.69) is 25.5 Å². The van der Waals surface area contributed by atoms with E-state index in [1.54, 1.807) is 18.2 Å². The van der Waals surface area contributed by atoms with Gasteiger partial charge < -0.3 is 10.1 Å². The largest absolute Gasteiger partial charge is 0.468 e. The van der Waals surface area contributed by atoms with Crippen molar-refractivity contribution in [1.29, 1.82) is 0 Å². The number of hydrogen-bond donors (Lipinski definition) is 2. The van der Waals surface area contributed by atoms with Crippen molar-refractivity contribution in [2.45, 2.75) is 11.4 Å². The van der Waals surface area contributed by atoms with Gasteiger partial charge in [-0.25, -0.2) is 22.5 Å². The molecular weight excluding hydrogens is 413 g/mol. The van der Waals surface area contributed by atoms with Gasteiger partial charge >= 0.3 is 6.01 Å². The lowest BCUT2D eigenvalue weighted by Crippen LogP contribution is -2.12. The van der Waals surface area contributed by atoms with Gasteiger partial charge in [0, 0.05) is 6.54 Å². The Morgan fingerprint density at radius 3 is 2.73 bits per heavy atom. The maximum atomic E-state index is 13.3. The van der Waals surface area contributed by atoms with Crippen LogP contribution < -0.4 is 15.2 Å². The van der Waals surface area contributed by atoms with Gasteiger partial charge in [0.25, 0.3) is 5.95 Å². The topological polar surface area (TPSA) is 138 Å². The number of nitrogens with one attached hydrogen (secondary N) is 1. The number of para-hydroxylation sites is 1. The molecule has 0 aliphatic carbocycles. The Bertz CT molecular complexity index is 1340. The number of anilines is 1. The maximum absolute atomic E-state index is 13.3. The standard InChI is InChI=1S/C18H16FN7O3S/c1-29-18-24-16-13(6-3-7-14(16)30(20,27)28)26(18)17-23-15(10-22-25-17)21-9-11-4-2-5-12(19)8-11/h2-8,10H,9H2,1H3,(H2,20,27,28)(H,21,23,25). The molecule has 0 saturated carbocycles. The molecule has 0 unspecified atom stereocenters. The number of halogens is 1. The molecule has 0 fully saturated rings. The van der Waals surface area contributed by atoms with Crippen LogP contribution in [-0.2, 0) is 16.6 Å². The first-order valence-corrected chi connectivity index (χ1v) is 10.2. The normalized spacial score (nSPS) is 11.6. The van der Waals surface area contributed by atoms with Gasteiger partial charge in [-0.1, -0.05) is 18.2 Å². The minimum absolute atomic E-state index is 0.0604. The number of fused-ring (bicyclic) bond motifs is 1. The Morgan fingerprint density at radius 1 is 1.20 bits per heavy atom. The Labute approximate surface area is 170 Å². The van der Waals surface area contributed by atoms with Crippen LogP contribution in [0.5, 0.6) is 6.01 Å². The zero-order chi connectivity index (χ0) is 21.3. The van der Waals surface area contributed by atoms with E-state index in [1.165, 1.54) is 42.1 Å². The van der Waals surface area contributed by atoms with Crippen molar-refractivity contribution < 1.29 is 17.5 Å². The highest BCUT2D eigenvalue weighted by molar-refractivity contribution is 7.89. The summed E-state index contributed by atoms with van der Waals surface area (Å²) in [6.07, 6.45) is 1.41. The molecule has 0 aliphatic heterocycles. The van der Waals surface area contributed by atoms with Gasteiger partial charge in [-0.2, -0.15) is 15.1 Å². The first kappa shape index (κ1) is 19.7. The third-order valence-corrected chi connectivity index (χ3v) is 5.16. The van der Waals surface area contributed by atoms with Crippen LogP contribution in [0.3, 0.4) is 0 Å². The molecule has 3 N–H and O–H groups in total. The fourth-order valence-electron chi connectivity index (χ4n) is 2.93. The average molecular weight is 429 g/mol. The van der Waals surface area contributed by atoms with Gasteiger partial charge in [0.2, 0.25) is 10.0 Å². The molecule has 0 bridgehead atoms. The van der Waals surface area contributed by atoms with Crippen LogP contribution >= 0.6 is 0 Å². The van der Waals surface area contributed by atoms with Crippen molar-refractivity contribution in [2.24, 2.45) is 5.14 Å². The molecule has 2 heterocycles. The summed E-state index contributed by atoms with van der Waals surface area (Å²) in [6.45, 7) is 0.313. The number of nitrogens with two attached hydrogens (primary N) is 1. The summed E-state index contributed by atoms with van der Waals surface area (Å²) < 4.78 is 43.8. The number of aromatic nitrogens is 5. The number of primary sulfonamides is 1. The quantitative estimate of drug-likeness (QED) is 0.472. The van der Waals surface area contributed by atoms with Crippen molar-refractivity contribution in [3.05, 3.63) is 60.0 Å². The first-order valence-electron chi connectivity index (χ1n) is 8.63. The Balaban J connectivity index is 1.75. The number of imidazole rings is 1. The zero-order valence-corrected chi connectivity index (χ0v) is 16.5. The second-order valence-corrected chi connectivity index (χ2v) is 7.76. The monoisotopic (exact) mass is 429 g/mol. The van der Waals surface area contributed by atoms with E-state index in [0.717, 1.165) is 5.56 Å². The minimum atomic E-state index is -4.01. The molecule has 0 saturated heterocycles. The van der Waals surface area contributed by atoms with Gasteiger partial charge in [0.05, 0.1) is 18.8 Å². The third kappa shape index (κ3) is 3.77. The van der Waals surface area contributed by atoms with Crippen molar-refractivity contribution in [3.63, 3.8) is 0 Å². The molecular formula is C18H16FN7O3S. The fraction of sp³-hybridized carbons (Fsp3) is 0.111. The van der Waals surface area contributed by atoms with E-state index in [1.807, 2.05) is 0 Å². The number of benzene rings is 2. The van der Waals surface area contributed by atoms with E-state index in [-0.39, 0.29) is 28.2 Å². The van der Waals surface area contributed by atoms with E-state index >= 15 is 0 Å². The number of sulfonamides is 1. The summed E-state index contributed by atoms with van der Waals surface area (Å²) in [6, 6.07) is 10.7. The molecule has 154 valence electrons. The SMILES string of the molecule is COc1nc2c(S(N)(=O)=O)cccc2n1-c1nncc(NCc2cccc(F)c2)n1. The fourth-order valence-corrected chi connectivity index (χ4v) is 3.61. The van der Waals surface area contributed by atoms with Crippen molar-refractivity contribution in [1.82, 2.24) is 24.7 Å². The van der Waals surface area contributed by atoms with E-state index < -0.39 is 10.0 Å². The maximum Gasteiger partial charge on any atom is 0.304 e. The van der Waals surface area contributed by atoms with Gasteiger partial charge in [0.1, 0.15) is 16.2 Å². The van der Waals surface area contributed by atoms with E-state index in [0.29, 0.717) is 17.9 Å². The summed E-state index contributed by atoms with van der Waals surface area (Å²) in [4.78, 5) is 8.46. The van der Waals surface area contributed by atoms with Gasteiger partial charge in [-0.05, 0) is 29.8 Å². The van der Waals surface area contributed by atoms with Crippen LogP contribution in [0.15, 0.2) is 53.6 Å². The summed E-state index contributed by atoms with van der Waals surface area (Å²) in [5.41, 5.74) is 1.22. The molecule has 0 radical (unpaired) electrons. The van der Waals surface area contributed by atoms with Crippen LogP contribution in [0.2, 0.25) is 0 Å². The number of rotatable bonds is 6. The van der Waals surface area contributed by atoms with Crippen LogP contribution in [0.25, 0.3) is 17.0 Å². The highest BCUT2D eigenvalue weighted by Gasteiger charge is 2.22. The number of nitrogens with zero attached hydrogens (tertiary/aromatic N) is 5. The molecule has 2 aromatic carbocycles. The molecule has 10 nitrogen and oxygen atoms in total. The molecule has 0 amide bonds. The van der Waals surface area contributed by atoms with Crippen molar-refractivity contribution in [2.75, 3.05) is 12.4 Å². The second kappa shape index (κ2) is 7.65. The summed E-state index contributed by atoms with van der Waals surface area (Å²) >= 11 is 0. The lowest BCUT2D eigenvalue weighted by Gasteiger charge is -2.09. The van der Waals surface area contributed by atoms with Crippen LogP contribution in [0.4, 0.5) is 10.2 Å². The molecule has 2 aromatic heterocycles. The minimum Gasteiger partial charge on any atom is -0.468 e. The number of hydrogen-bond acceptors (Lipinski definition) is 8. The smallest absolute Gasteiger partial charge is 0.304 e. The second-order valence-electron chi connectivity index (χ2n) is 6.23. The molecule has 4 rings (SSSR count).